The third-order valence-electron chi connectivity index (χ3n) is 3.00. The van der Waals surface area contributed by atoms with E-state index in [4.69, 9.17) is 5.73 Å². The summed E-state index contributed by atoms with van der Waals surface area (Å²) in [4.78, 5) is 21.8. The Kier molecular flexibility index (Phi) is 4.94. The van der Waals surface area contributed by atoms with Gasteiger partial charge in [-0.3, -0.25) is 14.9 Å². The first-order valence-corrected chi connectivity index (χ1v) is 5.87. The topological polar surface area (TPSA) is 98.3 Å². The fourth-order valence-corrected chi connectivity index (χ4v) is 1.51. The number of nitrogens with two attached hydrogens (primary N) is 1. The normalized spacial score (nSPS) is 13.7. The molecule has 1 aromatic carbocycles. The highest BCUT2D eigenvalue weighted by Gasteiger charge is 2.24. The van der Waals surface area contributed by atoms with Crippen LogP contribution in [0.15, 0.2) is 18.2 Å². The molecule has 0 spiro atoms. The maximum atomic E-state index is 13.6. The van der Waals surface area contributed by atoms with Crippen molar-refractivity contribution in [3.05, 3.63) is 34.1 Å². The zero-order valence-electron chi connectivity index (χ0n) is 10.7. The monoisotopic (exact) mass is 269 g/mol. The third kappa shape index (κ3) is 3.47. The van der Waals surface area contributed by atoms with Gasteiger partial charge in [-0.15, -0.1) is 0 Å². The Morgan fingerprint density at radius 2 is 2.21 bits per heavy atom. The second-order valence-electron chi connectivity index (χ2n) is 4.29. The van der Waals surface area contributed by atoms with Crippen molar-refractivity contribution in [2.24, 2.45) is 11.7 Å². The van der Waals surface area contributed by atoms with E-state index >= 15 is 0 Å². The average Bonchev–Trinajstić information content (AvgIpc) is 2.38. The highest BCUT2D eigenvalue weighted by atomic mass is 19.1. The van der Waals surface area contributed by atoms with Crippen LogP contribution in [0, 0.1) is 21.8 Å². The maximum Gasteiger partial charge on any atom is 0.295 e. The average molecular weight is 269 g/mol. The van der Waals surface area contributed by atoms with Gasteiger partial charge >= 0.3 is 0 Å². The SMILES string of the molecule is CCC(C)C(N)C(=O)Nc1c(F)cccc1[N+](=O)[O-]. The second kappa shape index (κ2) is 6.24. The van der Waals surface area contributed by atoms with Crippen LogP contribution in [0.2, 0.25) is 0 Å². The Morgan fingerprint density at radius 3 is 2.74 bits per heavy atom. The number of halogens is 1. The Hall–Kier alpha value is -2.02. The molecule has 19 heavy (non-hydrogen) atoms. The Balaban J connectivity index is 2.99. The van der Waals surface area contributed by atoms with Crippen molar-refractivity contribution in [1.82, 2.24) is 0 Å². The molecule has 6 nitrogen and oxygen atoms in total. The molecule has 0 aliphatic heterocycles. The number of hydrogen-bond acceptors (Lipinski definition) is 4. The smallest absolute Gasteiger partial charge is 0.295 e. The van der Waals surface area contributed by atoms with Crippen LogP contribution in [-0.4, -0.2) is 16.9 Å². The van der Waals surface area contributed by atoms with E-state index in [2.05, 4.69) is 5.32 Å². The molecule has 1 aromatic rings. The lowest BCUT2D eigenvalue weighted by atomic mass is 9.99. The summed E-state index contributed by atoms with van der Waals surface area (Å²) in [7, 11) is 0. The standard InChI is InChI=1S/C12H16FN3O3/c1-3-7(2)10(14)12(17)15-11-8(13)5-4-6-9(11)16(18)19/h4-7,10H,3,14H2,1-2H3,(H,15,17). The molecule has 2 unspecified atom stereocenters. The molecule has 1 amide bonds. The van der Waals surface area contributed by atoms with Crippen molar-refractivity contribution in [3.8, 4) is 0 Å². The van der Waals surface area contributed by atoms with Crippen molar-refractivity contribution in [2.75, 3.05) is 5.32 Å². The Labute approximate surface area is 109 Å². The number of carbonyl (C=O) groups is 1. The first-order valence-electron chi connectivity index (χ1n) is 5.87. The van der Waals surface area contributed by atoms with E-state index in [0.717, 1.165) is 12.1 Å². The van der Waals surface area contributed by atoms with Gasteiger partial charge in [0.15, 0.2) is 11.5 Å². The van der Waals surface area contributed by atoms with Crippen molar-refractivity contribution in [3.63, 3.8) is 0 Å². The molecule has 0 fully saturated rings. The van der Waals surface area contributed by atoms with Gasteiger partial charge < -0.3 is 11.1 Å². The van der Waals surface area contributed by atoms with E-state index in [-0.39, 0.29) is 5.92 Å². The van der Waals surface area contributed by atoms with E-state index in [9.17, 15) is 19.3 Å². The van der Waals surface area contributed by atoms with Crippen molar-refractivity contribution in [2.45, 2.75) is 26.3 Å². The zero-order chi connectivity index (χ0) is 14.6. The summed E-state index contributed by atoms with van der Waals surface area (Å²) in [6.45, 7) is 3.64. The number of rotatable bonds is 5. The number of nitro groups is 1. The fraction of sp³-hybridized carbons (Fsp3) is 0.417. The Morgan fingerprint density at radius 1 is 1.58 bits per heavy atom. The van der Waals surface area contributed by atoms with Gasteiger partial charge in [-0.05, 0) is 12.0 Å². The Bertz CT molecular complexity index is 493. The van der Waals surface area contributed by atoms with E-state index < -0.39 is 34.1 Å². The first-order chi connectivity index (χ1) is 8.88. The summed E-state index contributed by atoms with van der Waals surface area (Å²) >= 11 is 0. The molecule has 0 aromatic heterocycles. The molecule has 104 valence electrons. The van der Waals surface area contributed by atoms with Gasteiger partial charge in [0.25, 0.3) is 5.69 Å². The number of benzene rings is 1. The van der Waals surface area contributed by atoms with Crippen LogP contribution in [0.3, 0.4) is 0 Å². The van der Waals surface area contributed by atoms with Gasteiger partial charge in [0.05, 0.1) is 11.0 Å². The molecule has 1 rings (SSSR count). The van der Waals surface area contributed by atoms with Crippen molar-refractivity contribution >= 4 is 17.3 Å². The molecule has 0 heterocycles. The molecular weight excluding hydrogens is 253 g/mol. The fourth-order valence-electron chi connectivity index (χ4n) is 1.51. The molecule has 0 saturated carbocycles. The van der Waals surface area contributed by atoms with Gasteiger partial charge in [0, 0.05) is 6.07 Å². The molecular formula is C12H16FN3O3. The maximum absolute atomic E-state index is 13.6. The molecule has 2 atom stereocenters. The largest absolute Gasteiger partial charge is 0.320 e. The van der Waals surface area contributed by atoms with Gasteiger partial charge in [0.1, 0.15) is 0 Å². The van der Waals surface area contributed by atoms with Gasteiger partial charge in [-0.1, -0.05) is 26.3 Å². The summed E-state index contributed by atoms with van der Waals surface area (Å²) in [5.74, 6) is -1.60. The summed E-state index contributed by atoms with van der Waals surface area (Å²) in [5, 5.41) is 13.0. The molecule has 7 heteroatoms. The number of para-hydroxylation sites is 1. The molecule has 3 N–H and O–H groups in total. The number of carbonyl (C=O) groups excluding carboxylic acids is 1. The second-order valence-corrected chi connectivity index (χ2v) is 4.29. The van der Waals surface area contributed by atoms with Gasteiger partial charge in [-0.25, -0.2) is 4.39 Å². The molecule has 0 bridgehead atoms. The summed E-state index contributed by atoms with van der Waals surface area (Å²) in [6, 6.07) is 2.52. The van der Waals surface area contributed by atoms with Crippen LogP contribution in [0.1, 0.15) is 20.3 Å². The highest BCUT2D eigenvalue weighted by molar-refractivity contribution is 5.96. The van der Waals surface area contributed by atoms with Gasteiger partial charge in [-0.2, -0.15) is 0 Å². The van der Waals surface area contributed by atoms with E-state index in [0.29, 0.717) is 6.42 Å². The summed E-state index contributed by atoms with van der Waals surface area (Å²) in [5.41, 5.74) is 4.75. The number of anilines is 1. The number of amides is 1. The minimum absolute atomic E-state index is 0.106. The molecule has 0 aliphatic carbocycles. The number of hydrogen-bond donors (Lipinski definition) is 2. The summed E-state index contributed by atoms with van der Waals surface area (Å²) < 4.78 is 13.6. The van der Waals surface area contributed by atoms with E-state index in [1.54, 1.807) is 6.92 Å². The summed E-state index contributed by atoms with van der Waals surface area (Å²) in [6.07, 6.45) is 0.675. The van der Waals surface area contributed by atoms with Crippen LogP contribution < -0.4 is 11.1 Å². The predicted octanol–water partition coefficient (Wildman–Crippen LogP) is 2.05. The number of nitrogens with one attached hydrogen (secondary N) is 1. The lowest BCUT2D eigenvalue weighted by molar-refractivity contribution is -0.384. The lowest BCUT2D eigenvalue weighted by Crippen LogP contribution is -2.40. The minimum Gasteiger partial charge on any atom is -0.320 e. The molecule has 0 saturated heterocycles. The minimum atomic E-state index is -0.862. The highest BCUT2D eigenvalue weighted by Crippen LogP contribution is 2.27. The number of nitro benzene ring substituents is 1. The first kappa shape index (κ1) is 15.0. The zero-order valence-corrected chi connectivity index (χ0v) is 10.7. The lowest BCUT2D eigenvalue weighted by Gasteiger charge is -2.17. The van der Waals surface area contributed by atoms with Crippen LogP contribution in [0.4, 0.5) is 15.8 Å². The molecule has 0 aliphatic rings. The van der Waals surface area contributed by atoms with Crippen LogP contribution >= 0.6 is 0 Å². The van der Waals surface area contributed by atoms with E-state index in [1.807, 2.05) is 6.92 Å². The van der Waals surface area contributed by atoms with Crippen LogP contribution in [0.5, 0.6) is 0 Å². The quantitative estimate of drug-likeness (QED) is 0.631. The molecule has 0 radical (unpaired) electrons. The predicted molar refractivity (Wildman–Crippen MR) is 69.1 cm³/mol. The third-order valence-corrected chi connectivity index (χ3v) is 3.00. The van der Waals surface area contributed by atoms with Crippen molar-refractivity contribution in [1.29, 1.82) is 0 Å². The van der Waals surface area contributed by atoms with Crippen LogP contribution in [0.25, 0.3) is 0 Å². The van der Waals surface area contributed by atoms with Crippen molar-refractivity contribution < 1.29 is 14.1 Å². The number of nitrogens with zero attached hydrogens (tertiary/aromatic N) is 1. The van der Waals surface area contributed by atoms with Crippen LogP contribution in [-0.2, 0) is 4.79 Å². The van der Waals surface area contributed by atoms with Gasteiger partial charge in [0.2, 0.25) is 5.91 Å². The van der Waals surface area contributed by atoms with E-state index in [1.165, 1.54) is 6.07 Å².